The number of benzene rings is 1. The third kappa shape index (κ3) is 1.79. The van der Waals surface area contributed by atoms with Gasteiger partial charge in [-0.05, 0) is 33.6 Å². The van der Waals surface area contributed by atoms with Crippen molar-refractivity contribution in [1.29, 1.82) is 0 Å². The number of thiophene rings is 1. The predicted molar refractivity (Wildman–Crippen MR) is 74.4 cm³/mol. The van der Waals surface area contributed by atoms with Crippen molar-refractivity contribution in [2.75, 3.05) is 0 Å². The minimum absolute atomic E-state index is 0.159. The average molecular weight is 324 g/mol. The van der Waals surface area contributed by atoms with Crippen LogP contribution in [0.1, 0.15) is 0 Å². The molecular weight excluding hydrogens is 317 g/mol. The zero-order chi connectivity index (χ0) is 12.7. The number of hydrogen-bond acceptors (Lipinski definition) is 3. The summed E-state index contributed by atoms with van der Waals surface area (Å²) in [6, 6.07) is 6.27. The number of aromatic nitrogens is 1. The normalized spacial score (nSPS) is 11.0. The van der Waals surface area contributed by atoms with Crippen LogP contribution < -0.4 is 0 Å². The van der Waals surface area contributed by atoms with E-state index in [0.29, 0.717) is 4.60 Å². The van der Waals surface area contributed by atoms with Gasteiger partial charge in [0.2, 0.25) is 0 Å². The maximum Gasteiger partial charge on any atom is 0.151 e. The van der Waals surface area contributed by atoms with Crippen molar-refractivity contribution >= 4 is 37.4 Å². The van der Waals surface area contributed by atoms with Crippen LogP contribution in [-0.4, -0.2) is 10.1 Å². The second-order valence-corrected chi connectivity index (χ2v) is 5.43. The molecule has 90 valence electrons. The molecule has 2 aromatic heterocycles. The highest BCUT2D eigenvalue weighted by Gasteiger charge is 2.13. The van der Waals surface area contributed by atoms with Crippen molar-refractivity contribution in [2.24, 2.45) is 0 Å². The number of halogens is 2. The second-order valence-electron chi connectivity index (χ2n) is 3.79. The SMILES string of the molecule is Oc1cnc(Br)c2c(-c3ccc(F)cc3)csc12. The maximum atomic E-state index is 12.9. The number of fused-ring (bicyclic) bond motifs is 1. The van der Waals surface area contributed by atoms with Crippen molar-refractivity contribution in [3.05, 3.63) is 46.3 Å². The van der Waals surface area contributed by atoms with E-state index in [4.69, 9.17) is 0 Å². The molecule has 0 saturated heterocycles. The maximum absolute atomic E-state index is 12.9. The highest BCUT2D eigenvalue weighted by molar-refractivity contribution is 9.10. The van der Waals surface area contributed by atoms with Crippen LogP contribution in [0.4, 0.5) is 4.39 Å². The van der Waals surface area contributed by atoms with Gasteiger partial charge in [0.25, 0.3) is 0 Å². The van der Waals surface area contributed by atoms with Crippen molar-refractivity contribution in [3.8, 4) is 16.9 Å². The smallest absolute Gasteiger partial charge is 0.151 e. The molecule has 1 N–H and O–H groups in total. The molecule has 2 nitrogen and oxygen atoms in total. The van der Waals surface area contributed by atoms with E-state index in [1.165, 1.54) is 29.7 Å². The van der Waals surface area contributed by atoms with Crippen molar-refractivity contribution in [1.82, 2.24) is 4.98 Å². The van der Waals surface area contributed by atoms with Gasteiger partial charge in [-0.25, -0.2) is 9.37 Å². The van der Waals surface area contributed by atoms with Gasteiger partial charge >= 0.3 is 0 Å². The van der Waals surface area contributed by atoms with Crippen LogP contribution in [0.25, 0.3) is 21.2 Å². The molecule has 0 aliphatic carbocycles. The molecule has 2 heterocycles. The highest BCUT2D eigenvalue weighted by Crippen LogP contribution is 2.41. The Morgan fingerprint density at radius 2 is 1.94 bits per heavy atom. The van der Waals surface area contributed by atoms with Gasteiger partial charge in [-0.1, -0.05) is 12.1 Å². The van der Waals surface area contributed by atoms with Gasteiger partial charge in [-0.3, -0.25) is 0 Å². The van der Waals surface area contributed by atoms with Gasteiger partial charge in [0.05, 0.1) is 10.9 Å². The monoisotopic (exact) mass is 323 g/mol. The summed E-state index contributed by atoms with van der Waals surface area (Å²) in [5.74, 6) is -0.107. The van der Waals surface area contributed by atoms with Crippen LogP contribution in [0.15, 0.2) is 40.4 Å². The van der Waals surface area contributed by atoms with Gasteiger partial charge < -0.3 is 5.11 Å². The summed E-state index contributed by atoms with van der Waals surface area (Å²) in [7, 11) is 0. The number of hydrogen-bond donors (Lipinski definition) is 1. The molecule has 0 unspecified atom stereocenters. The van der Waals surface area contributed by atoms with E-state index < -0.39 is 0 Å². The fourth-order valence-electron chi connectivity index (χ4n) is 1.83. The predicted octanol–water partition coefficient (Wildman–Crippen LogP) is 4.57. The van der Waals surface area contributed by atoms with E-state index in [-0.39, 0.29) is 11.6 Å². The Balaban J connectivity index is 2.30. The first-order valence-electron chi connectivity index (χ1n) is 5.17. The van der Waals surface area contributed by atoms with Crippen molar-refractivity contribution in [3.63, 3.8) is 0 Å². The molecule has 0 aliphatic rings. The van der Waals surface area contributed by atoms with Crippen LogP contribution in [0, 0.1) is 5.82 Å². The number of pyridine rings is 1. The van der Waals surface area contributed by atoms with E-state index >= 15 is 0 Å². The van der Waals surface area contributed by atoms with Crippen molar-refractivity contribution in [2.45, 2.75) is 0 Å². The van der Waals surface area contributed by atoms with Gasteiger partial charge in [0, 0.05) is 16.3 Å². The Morgan fingerprint density at radius 1 is 1.22 bits per heavy atom. The van der Waals surface area contributed by atoms with E-state index in [9.17, 15) is 9.50 Å². The zero-order valence-corrected chi connectivity index (χ0v) is 11.4. The van der Waals surface area contributed by atoms with E-state index in [2.05, 4.69) is 20.9 Å². The largest absolute Gasteiger partial charge is 0.505 e. The Morgan fingerprint density at radius 3 is 2.67 bits per heavy atom. The summed E-state index contributed by atoms with van der Waals surface area (Å²) < 4.78 is 14.4. The molecule has 3 rings (SSSR count). The number of nitrogens with zero attached hydrogens (tertiary/aromatic N) is 1. The molecule has 3 aromatic rings. The fourth-order valence-corrected chi connectivity index (χ4v) is 3.47. The van der Waals surface area contributed by atoms with Gasteiger partial charge in [-0.15, -0.1) is 11.3 Å². The first-order valence-corrected chi connectivity index (χ1v) is 6.84. The molecule has 1 aromatic carbocycles. The molecule has 0 saturated carbocycles. The Bertz CT molecular complexity index is 724. The number of aromatic hydroxyl groups is 1. The standard InChI is InChI=1S/C13H7BrFNOS/c14-13-11-9(7-1-3-8(15)4-2-7)6-18-12(11)10(17)5-16-13/h1-6,17H. The lowest BCUT2D eigenvalue weighted by molar-refractivity contribution is 0.480. The lowest BCUT2D eigenvalue weighted by Gasteiger charge is -2.02. The van der Waals surface area contributed by atoms with E-state index in [1.54, 1.807) is 12.1 Å². The Hall–Kier alpha value is -1.46. The molecule has 0 atom stereocenters. The number of rotatable bonds is 1. The van der Waals surface area contributed by atoms with Crippen LogP contribution in [0.3, 0.4) is 0 Å². The van der Waals surface area contributed by atoms with Crippen LogP contribution >= 0.6 is 27.3 Å². The topological polar surface area (TPSA) is 33.1 Å². The summed E-state index contributed by atoms with van der Waals surface area (Å²) in [4.78, 5) is 4.08. The summed E-state index contributed by atoms with van der Waals surface area (Å²) in [6.07, 6.45) is 1.41. The molecule has 0 radical (unpaired) electrons. The lowest BCUT2D eigenvalue weighted by Crippen LogP contribution is -1.81. The zero-order valence-electron chi connectivity index (χ0n) is 9.02. The Kier molecular flexibility index (Phi) is 2.80. The van der Waals surface area contributed by atoms with Gasteiger partial charge in [0.1, 0.15) is 10.4 Å². The molecule has 0 bridgehead atoms. The third-order valence-electron chi connectivity index (χ3n) is 2.69. The fraction of sp³-hybridized carbons (Fsp3) is 0. The summed E-state index contributed by atoms with van der Waals surface area (Å²) in [5.41, 5.74) is 1.83. The third-order valence-corrected chi connectivity index (χ3v) is 4.29. The van der Waals surface area contributed by atoms with Crippen molar-refractivity contribution < 1.29 is 9.50 Å². The molecule has 0 amide bonds. The second kappa shape index (κ2) is 4.33. The molecule has 0 fully saturated rings. The molecule has 0 aliphatic heterocycles. The van der Waals surface area contributed by atoms with Gasteiger partial charge in [-0.2, -0.15) is 0 Å². The highest BCUT2D eigenvalue weighted by atomic mass is 79.9. The minimum Gasteiger partial charge on any atom is -0.505 e. The Labute approximate surface area is 115 Å². The lowest BCUT2D eigenvalue weighted by atomic mass is 10.1. The van der Waals surface area contributed by atoms with E-state index in [1.807, 2.05) is 5.38 Å². The molecule has 18 heavy (non-hydrogen) atoms. The average Bonchev–Trinajstić information content (AvgIpc) is 2.81. The quantitative estimate of drug-likeness (QED) is 0.665. The first-order chi connectivity index (χ1) is 8.66. The van der Waals surface area contributed by atoms with Crippen LogP contribution in [-0.2, 0) is 0 Å². The van der Waals surface area contributed by atoms with Crippen LogP contribution in [0.2, 0.25) is 0 Å². The first kappa shape index (κ1) is 11.6. The minimum atomic E-state index is -0.265. The van der Waals surface area contributed by atoms with Crippen LogP contribution in [0.5, 0.6) is 5.75 Å². The summed E-state index contributed by atoms with van der Waals surface area (Å²) in [5, 5.41) is 12.6. The summed E-state index contributed by atoms with van der Waals surface area (Å²) in [6.45, 7) is 0. The molecule has 5 heteroatoms. The van der Waals surface area contributed by atoms with Gasteiger partial charge in [0.15, 0.2) is 5.75 Å². The molecular formula is C13H7BrFNOS. The molecule has 0 spiro atoms. The van der Waals surface area contributed by atoms with E-state index in [0.717, 1.165) is 21.2 Å². The summed E-state index contributed by atoms with van der Waals surface area (Å²) >= 11 is 4.82.